The van der Waals surface area contributed by atoms with Crippen LogP contribution < -0.4 is 0 Å². The average molecular weight is 266 g/mol. The number of aromatic nitrogens is 1. The van der Waals surface area contributed by atoms with Gasteiger partial charge in [0, 0.05) is 25.4 Å². The number of pyridine rings is 1. The molecule has 0 spiro atoms. The van der Waals surface area contributed by atoms with Crippen molar-refractivity contribution in [1.82, 2.24) is 9.88 Å². The first kappa shape index (κ1) is 15.4. The van der Waals surface area contributed by atoms with E-state index in [1.54, 1.807) is 13.2 Å². The maximum Gasteiger partial charge on any atom is 0.410 e. The molecule has 1 unspecified atom stereocenters. The highest BCUT2D eigenvalue weighted by Gasteiger charge is 2.25. The van der Waals surface area contributed by atoms with Gasteiger partial charge in [0.2, 0.25) is 0 Å². The van der Waals surface area contributed by atoms with Crippen molar-refractivity contribution in [1.29, 1.82) is 0 Å². The van der Waals surface area contributed by atoms with Gasteiger partial charge in [-0.2, -0.15) is 0 Å². The lowest BCUT2D eigenvalue weighted by Gasteiger charge is -2.29. The molecule has 1 aromatic rings. The Balaban J connectivity index is 2.66. The molecule has 1 heterocycles. The Morgan fingerprint density at radius 3 is 2.63 bits per heavy atom. The molecule has 1 N–H and O–H groups in total. The van der Waals surface area contributed by atoms with E-state index in [0.29, 0.717) is 6.42 Å². The molecule has 5 heteroatoms. The van der Waals surface area contributed by atoms with Crippen molar-refractivity contribution >= 4 is 6.09 Å². The molecule has 19 heavy (non-hydrogen) atoms. The second-order valence-electron chi connectivity index (χ2n) is 5.45. The summed E-state index contributed by atoms with van der Waals surface area (Å²) in [6.45, 7) is 5.30. The molecule has 1 atom stereocenters. The van der Waals surface area contributed by atoms with Crippen molar-refractivity contribution in [3.8, 4) is 0 Å². The summed E-state index contributed by atoms with van der Waals surface area (Å²) in [5, 5.41) is 9.43. The van der Waals surface area contributed by atoms with E-state index in [-0.39, 0.29) is 12.6 Å². The minimum Gasteiger partial charge on any atom is -0.444 e. The molecule has 0 aliphatic carbocycles. The Labute approximate surface area is 114 Å². The maximum absolute atomic E-state index is 11.9. The minimum atomic E-state index is -0.545. The normalized spacial score (nSPS) is 12.9. The summed E-state index contributed by atoms with van der Waals surface area (Å²) < 4.78 is 5.28. The Morgan fingerprint density at radius 1 is 1.47 bits per heavy atom. The molecule has 0 aliphatic heterocycles. The number of aliphatic hydroxyl groups is 1. The van der Waals surface area contributed by atoms with Crippen molar-refractivity contribution in [2.75, 3.05) is 13.7 Å². The fraction of sp³-hybridized carbons (Fsp3) is 0.571. The quantitative estimate of drug-likeness (QED) is 0.903. The van der Waals surface area contributed by atoms with E-state index in [9.17, 15) is 9.90 Å². The molecule has 1 rings (SSSR count). The number of nitrogens with zero attached hydrogens (tertiary/aromatic N) is 2. The molecule has 106 valence electrons. The number of hydrogen-bond acceptors (Lipinski definition) is 4. The van der Waals surface area contributed by atoms with Crippen LogP contribution in [0.1, 0.15) is 26.5 Å². The lowest BCUT2D eigenvalue weighted by atomic mass is 10.1. The zero-order valence-corrected chi connectivity index (χ0v) is 12.0. The van der Waals surface area contributed by atoms with E-state index in [1.807, 2.05) is 39.0 Å². The fourth-order valence-electron chi connectivity index (χ4n) is 1.57. The number of likely N-dealkylation sites (N-methyl/N-ethyl adjacent to an activating group) is 1. The first-order valence-corrected chi connectivity index (χ1v) is 6.30. The first-order valence-electron chi connectivity index (χ1n) is 6.30. The summed E-state index contributed by atoms with van der Waals surface area (Å²) in [6, 6.07) is 5.23. The molecular formula is C14H22N2O3. The van der Waals surface area contributed by atoms with Gasteiger partial charge in [-0.15, -0.1) is 0 Å². The van der Waals surface area contributed by atoms with Gasteiger partial charge in [-0.1, -0.05) is 6.07 Å². The molecule has 0 bridgehead atoms. The van der Waals surface area contributed by atoms with Crippen LogP contribution in [0.5, 0.6) is 0 Å². The standard InChI is InChI=1S/C14H22N2O3/c1-14(2,3)19-13(18)16(4)12(10-17)9-11-7-5-6-8-15-11/h5-8,12,17H,9-10H2,1-4H3. The topological polar surface area (TPSA) is 62.7 Å². The lowest BCUT2D eigenvalue weighted by molar-refractivity contribution is 0.0162. The summed E-state index contributed by atoms with van der Waals surface area (Å²) in [4.78, 5) is 17.5. The molecule has 5 nitrogen and oxygen atoms in total. The van der Waals surface area contributed by atoms with Crippen LogP contribution in [0.4, 0.5) is 4.79 Å². The van der Waals surface area contributed by atoms with Crippen molar-refractivity contribution in [2.45, 2.75) is 38.8 Å². The largest absolute Gasteiger partial charge is 0.444 e. The van der Waals surface area contributed by atoms with Crippen molar-refractivity contribution < 1.29 is 14.6 Å². The van der Waals surface area contributed by atoms with Crippen LogP contribution in [0.15, 0.2) is 24.4 Å². The van der Waals surface area contributed by atoms with Crippen LogP contribution in [0.25, 0.3) is 0 Å². The molecule has 1 amide bonds. The van der Waals surface area contributed by atoms with Crippen molar-refractivity contribution in [3.63, 3.8) is 0 Å². The number of carbonyl (C=O) groups is 1. The Morgan fingerprint density at radius 2 is 2.16 bits per heavy atom. The second kappa shape index (κ2) is 6.52. The summed E-state index contributed by atoms with van der Waals surface area (Å²) in [5.41, 5.74) is 0.285. The maximum atomic E-state index is 11.9. The van der Waals surface area contributed by atoms with Crippen LogP contribution in [0, 0.1) is 0 Å². The molecular weight excluding hydrogens is 244 g/mol. The van der Waals surface area contributed by atoms with Gasteiger partial charge in [0.25, 0.3) is 0 Å². The highest BCUT2D eigenvalue weighted by molar-refractivity contribution is 5.68. The van der Waals surface area contributed by atoms with Gasteiger partial charge >= 0.3 is 6.09 Å². The Kier molecular flexibility index (Phi) is 5.30. The van der Waals surface area contributed by atoms with Gasteiger partial charge in [-0.05, 0) is 32.9 Å². The number of amides is 1. The van der Waals surface area contributed by atoms with Gasteiger partial charge in [0.1, 0.15) is 5.60 Å². The van der Waals surface area contributed by atoms with Gasteiger partial charge in [-0.3, -0.25) is 4.98 Å². The third kappa shape index (κ3) is 5.26. The molecule has 0 aliphatic rings. The van der Waals surface area contributed by atoms with Gasteiger partial charge in [0.05, 0.1) is 12.6 Å². The molecule has 0 saturated carbocycles. The number of hydrogen-bond donors (Lipinski definition) is 1. The van der Waals surface area contributed by atoms with Gasteiger partial charge in [0.15, 0.2) is 0 Å². The van der Waals surface area contributed by atoms with E-state index in [0.717, 1.165) is 5.69 Å². The number of aliphatic hydroxyl groups excluding tert-OH is 1. The van der Waals surface area contributed by atoms with Crippen LogP contribution >= 0.6 is 0 Å². The number of rotatable bonds is 4. The number of carbonyl (C=O) groups excluding carboxylic acids is 1. The van der Waals surface area contributed by atoms with E-state index in [2.05, 4.69) is 4.98 Å². The summed E-state index contributed by atoms with van der Waals surface area (Å²) in [5.74, 6) is 0. The molecule has 0 saturated heterocycles. The van der Waals surface area contributed by atoms with E-state index >= 15 is 0 Å². The average Bonchev–Trinajstić information content (AvgIpc) is 2.34. The molecule has 0 aromatic carbocycles. The first-order chi connectivity index (χ1) is 8.83. The van der Waals surface area contributed by atoms with Crippen LogP contribution in [-0.4, -0.2) is 46.4 Å². The zero-order chi connectivity index (χ0) is 14.5. The van der Waals surface area contributed by atoms with Crippen LogP contribution in [0.3, 0.4) is 0 Å². The predicted octanol–water partition coefficient (Wildman–Crippen LogP) is 1.85. The molecule has 0 radical (unpaired) electrons. The van der Waals surface area contributed by atoms with E-state index in [1.165, 1.54) is 4.90 Å². The van der Waals surface area contributed by atoms with Crippen LogP contribution in [-0.2, 0) is 11.2 Å². The minimum absolute atomic E-state index is 0.133. The lowest BCUT2D eigenvalue weighted by Crippen LogP contribution is -2.43. The van der Waals surface area contributed by atoms with Gasteiger partial charge < -0.3 is 14.7 Å². The summed E-state index contributed by atoms with van der Waals surface area (Å²) in [6.07, 6.45) is 1.74. The SMILES string of the molecule is CN(C(=O)OC(C)(C)C)C(CO)Cc1ccccn1. The van der Waals surface area contributed by atoms with Crippen LogP contribution in [0.2, 0.25) is 0 Å². The van der Waals surface area contributed by atoms with Crippen molar-refractivity contribution in [2.24, 2.45) is 0 Å². The summed E-state index contributed by atoms with van der Waals surface area (Å²) in [7, 11) is 1.62. The monoisotopic (exact) mass is 266 g/mol. The van der Waals surface area contributed by atoms with E-state index in [4.69, 9.17) is 4.74 Å². The number of ether oxygens (including phenoxy) is 1. The molecule has 1 aromatic heterocycles. The third-order valence-electron chi connectivity index (χ3n) is 2.61. The third-order valence-corrected chi connectivity index (χ3v) is 2.61. The fourth-order valence-corrected chi connectivity index (χ4v) is 1.57. The smallest absolute Gasteiger partial charge is 0.410 e. The highest BCUT2D eigenvalue weighted by atomic mass is 16.6. The van der Waals surface area contributed by atoms with Crippen molar-refractivity contribution in [3.05, 3.63) is 30.1 Å². The zero-order valence-electron chi connectivity index (χ0n) is 12.0. The van der Waals surface area contributed by atoms with E-state index < -0.39 is 11.7 Å². The second-order valence-corrected chi connectivity index (χ2v) is 5.45. The Hall–Kier alpha value is -1.62. The molecule has 0 fully saturated rings. The highest BCUT2D eigenvalue weighted by Crippen LogP contribution is 2.12. The predicted molar refractivity (Wildman–Crippen MR) is 72.8 cm³/mol. The van der Waals surface area contributed by atoms with Gasteiger partial charge in [-0.25, -0.2) is 4.79 Å². The summed E-state index contributed by atoms with van der Waals surface area (Å²) >= 11 is 0. The Bertz CT molecular complexity index is 401.